The zero-order chi connectivity index (χ0) is 12.8. The van der Waals surface area contributed by atoms with E-state index in [1.165, 1.54) is 49.7 Å². The van der Waals surface area contributed by atoms with Crippen molar-refractivity contribution in [2.45, 2.75) is 58.4 Å². The minimum Gasteiger partial charge on any atom is -0.314 e. The molecule has 1 heteroatoms. The molecule has 0 saturated heterocycles. The van der Waals surface area contributed by atoms with Crippen molar-refractivity contribution < 1.29 is 0 Å². The molecular formula is C17H27N. The van der Waals surface area contributed by atoms with Crippen molar-refractivity contribution in [3.63, 3.8) is 0 Å². The summed E-state index contributed by atoms with van der Waals surface area (Å²) in [5, 5.41) is 3.68. The largest absolute Gasteiger partial charge is 0.314 e. The first-order valence-corrected chi connectivity index (χ1v) is 7.57. The summed E-state index contributed by atoms with van der Waals surface area (Å²) in [4.78, 5) is 0. The number of nitrogens with one attached hydrogen (secondary N) is 1. The van der Waals surface area contributed by atoms with Gasteiger partial charge in [-0.1, -0.05) is 62.4 Å². The molecule has 0 amide bonds. The van der Waals surface area contributed by atoms with Gasteiger partial charge in [-0.25, -0.2) is 0 Å². The molecule has 1 atom stereocenters. The molecule has 0 aromatic heterocycles. The van der Waals surface area contributed by atoms with Crippen LogP contribution in [0.15, 0.2) is 24.3 Å². The Morgan fingerprint density at radius 1 is 1.28 bits per heavy atom. The van der Waals surface area contributed by atoms with Gasteiger partial charge in [0.25, 0.3) is 0 Å². The van der Waals surface area contributed by atoms with E-state index in [1.807, 2.05) is 0 Å². The second-order valence-corrected chi connectivity index (χ2v) is 5.83. The number of likely N-dealkylation sites (N-methyl/N-ethyl adjacent to an activating group) is 1. The third-order valence-electron chi connectivity index (χ3n) is 4.15. The maximum absolute atomic E-state index is 3.68. The fraction of sp³-hybridized carbons (Fsp3) is 0.647. The van der Waals surface area contributed by atoms with Crippen LogP contribution in [0.3, 0.4) is 0 Å². The summed E-state index contributed by atoms with van der Waals surface area (Å²) >= 11 is 0. The number of aryl methyl sites for hydroxylation is 1. The summed E-state index contributed by atoms with van der Waals surface area (Å²) in [7, 11) is 0. The number of benzene rings is 1. The second-order valence-electron chi connectivity index (χ2n) is 5.83. The molecule has 1 aromatic rings. The minimum absolute atomic E-state index is 0.667. The molecule has 1 nitrogen and oxygen atoms in total. The van der Waals surface area contributed by atoms with Gasteiger partial charge in [-0.15, -0.1) is 0 Å². The monoisotopic (exact) mass is 245 g/mol. The first-order valence-electron chi connectivity index (χ1n) is 7.57. The minimum atomic E-state index is 0.667. The van der Waals surface area contributed by atoms with Crippen LogP contribution in [0.2, 0.25) is 0 Å². The quantitative estimate of drug-likeness (QED) is 0.796. The van der Waals surface area contributed by atoms with Crippen molar-refractivity contribution in [2.24, 2.45) is 5.92 Å². The van der Waals surface area contributed by atoms with Gasteiger partial charge >= 0.3 is 0 Å². The highest BCUT2D eigenvalue weighted by molar-refractivity contribution is 5.23. The number of rotatable bonds is 6. The normalized spacial score (nSPS) is 18.1. The van der Waals surface area contributed by atoms with Gasteiger partial charge in [0.15, 0.2) is 0 Å². The van der Waals surface area contributed by atoms with Gasteiger partial charge < -0.3 is 5.32 Å². The summed E-state index contributed by atoms with van der Waals surface area (Å²) in [5.41, 5.74) is 2.86. The Morgan fingerprint density at radius 3 is 2.72 bits per heavy atom. The molecule has 100 valence electrons. The van der Waals surface area contributed by atoms with E-state index < -0.39 is 0 Å². The highest BCUT2D eigenvalue weighted by Gasteiger charge is 2.19. The van der Waals surface area contributed by atoms with Gasteiger partial charge in [-0.2, -0.15) is 0 Å². The van der Waals surface area contributed by atoms with Crippen LogP contribution in [0.25, 0.3) is 0 Å². The molecule has 0 radical (unpaired) electrons. The zero-order valence-corrected chi connectivity index (χ0v) is 11.9. The van der Waals surface area contributed by atoms with Gasteiger partial charge in [0, 0.05) is 6.04 Å². The summed E-state index contributed by atoms with van der Waals surface area (Å²) in [5.74, 6) is 0.971. The fourth-order valence-electron chi connectivity index (χ4n) is 3.30. The van der Waals surface area contributed by atoms with E-state index in [-0.39, 0.29) is 0 Å². The SMILES string of the molecule is CCNC(Cc1cccc(C)c1)CC1CCCC1. The molecule has 18 heavy (non-hydrogen) atoms. The van der Waals surface area contributed by atoms with Crippen LogP contribution in [-0.4, -0.2) is 12.6 Å². The summed E-state index contributed by atoms with van der Waals surface area (Å²) in [6.07, 6.45) is 8.36. The molecule has 1 saturated carbocycles. The van der Waals surface area contributed by atoms with E-state index in [2.05, 4.69) is 43.4 Å². The molecule has 0 heterocycles. The highest BCUT2D eigenvalue weighted by atomic mass is 14.9. The molecule has 1 fully saturated rings. The first-order chi connectivity index (χ1) is 8.78. The number of hydrogen-bond donors (Lipinski definition) is 1. The van der Waals surface area contributed by atoms with Crippen molar-refractivity contribution in [2.75, 3.05) is 6.54 Å². The Hall–Kier alpha value is -0.820. The lowest BCUT2D eigenvalue weighted by atomic mass is 9.93. The van der Waals surface area contributed by atoms with E-state index in [1.54, 1.807) is 0 Å². The Labute approximate surface area is 112 Å². The predicted octanol–water partition coefficient (Wildman–Crippen LogP) is 4.10. The van der Waals surface area contributed by atoms with Crippen molar-refractivity contribution in [1.82, 2.24) is 5.32 Å². The lowest BCUT2D eigenvalue weighted by molar-refractivity contribution is 0.390. The molecule has 2 rings (SSSR count). The van der Waals surface area contributed by atoms with Crippen LogP contribution in [0, 0.1) is 12.8 Å². The molecule has 0 spiro atoms. The van der Waals surface area contributed by atoms with E-state index in [9.17, 15) is 0 Å². The fourth-order valence-corrected chi connectivity index (χ4v) is 3.30. The topological polar surface area (TPSA) is 12.0 Å². The van der Waals surface area contributed by atoms with Crippen molar-refractivity contribution >= 4 is 0 Å². The third kappa shape index (κ3) is 4.13. The summed E-state index contributed by atoms with van der Waals surface area (Å²) in [6, 6.07) is 9.64. The first kappa shape index (κ1) is 13.6. The van der Waals surface area contributed by atoms with Crippen LogP contribution in [0.5, 0.6) is 0 Å². The molecule has 1 aliphatic rings. The second kappa shape index (κ2) is 6.94. The van der Waals surface area contributed by atoms with Crippen molar-refractivity contribution in [3.8, 4) is 0 Å². The standard InChI is InChI=1S/C17H27N/c1-3-18-17(12-15-8-4-5-9-15)13-16-10-6-7-14(2)11-16/h6-7,10-11,15,17-18H,3-5,8-9,12-13H2,1-2H3. The van der Waals surface area contributed by atoms with E-state index >= 15 is 0 Å². The average Bonchev–Trinajstić information content (AvgIpc) is 2.82. The highest BCUT2D eigenvalue weighted by Crippen LogP contribution is 2.29. The van der Waals surface area contributed by atoms with Crippen LogP contribution in [0.4, 0.5) is 0 Å². The Kier molecular flexibility index (Phi) is 5.25. The maximum Gasteiger partial charge on any atom is 0.0110 e. The van der Waals surface area contributed by atoms with Crippen molar-refractivity contribution in [3.05, 3.63) is 35.4 Å². The predicted molar refractivity (Wildman–Crippen MR) is 78.9 cm³/mol. The molecule has 1 N–H and O–H groups in total. The van der Waals surface area contributed by atoms with Crippen LogP contribution >= 0.6 is 0 Å². The summed E-state index contributed by atoms with van der Waals surface area (Å²) in [6.45, 7) is 5.49. The molecule has 0 bridgehead atoms. The summed E-state index contributed by atoms with van der Waals surface area (Å²) < 4.78 is 0. The van der Waals surface area contributed by atoms with Crippen LogP contribution in [0.1, 0.15) is 50.2 Å². The van der Waals surface area contributed by atoms with Gasteiger partial charge in [-0.05, 0) is 37.8 Å². The lowest BCUT2D eigenvalue weighted by Gasteiger charge is -2.21. The van der Waals surface area contributed by atoms with E-state index in [0.29, 0.717) is 6.04 Å². The van der Waals surface area contributed by atoms with Crippen LogP contribution in [-0.2, 0) is 6.42 Å². The molecule has 1 aromatic carbocycles. The number of hydrogen-bond acceptors (Lipinski definition) is 1. The lowest BCUT2D eigenvalue weighted by Crippen LogP contribution is -2.32. The smallest absolute Gasteiger partial charge is 0.0110 e. The zero-order valence-electron chi connectivity index (χ0n) is 11.9. The maximum atomic E-state index is 3.68. The third-order valence-corrected chi connectivity index (χ3v) is 4.15. The Morgan fingerprint density at radius 2 is 2.06 bits per heavy atom. The van der Waals surface area contributed by atoms with Crippen molar-refractivity contribution in [1.29, 1.82) is 0 Å². The molecular weight excluding hydrogens is 218 g/mol. The van der Waals surface area contributed by atoms with E-state index in [4.69, 9.17) is 0 Å². The van der Waals surface area contributed by atoms with Gasteiger partial charge in [0.05, 0.1) is 0 Å². The Balaban J connectivity index is 1.92. The molecule has 1 unspecified atom stereocenters. The van der Waals surface area contributed by atoms with E-state index in [0.717, 1.165) is 12.5 Å². The molecule has 1 aliphatic carbocycles. The van der Waals surface area contributed by atoms with Gasteiger partial charge in [0.1, 0.15) is 0 Å². The van der Waals surface area contributed by atoms with Gasteiger partial charge in [0.2, 0.25) is 0 Å². The average molecular weight is 245 g/mol. The molecule has 0 aliphatic heterocycles. The Bertz CT molecular complexity index is 352. The van der Waals surface area contributed by atoms with Crippen LogP contribution < -0.4 is 5.32 Å². The van der Waals surface area contributed by atoms with Gasteiger partial charge in [-0.3, -0.25) is 0 Å².